The molecule has 3 rings (SSSR count). The molecule has 2 aromatic carbocycles. The third-order valence-corrected chi connectivity index (χ3v) is 6.60. The fourth-order valence-corrected chi connectivity index (χ4v) is 4.83. The number of nitrogens with one attached hydrogen (secondary N) is 1. The molecule has 0 saturated carbocycles. The van der Waals surface area contributed by atoms with E-state index in [0.717, 1.165) is 15.8 Å². The molecule has 0 saturated heterocycles. The molecule has 1 N–H and O–H groups in total. The predicted molar refractivity (Wildman–Crippen MR) is 98.1 cm³/mol. The maximum atomic E-state index is 12.5. The SMILES string of the molecule is O=c1sc2c(Cl)cccc2cc1S(=O)(=O)Nc1ccc(Br)cc1. The van der Waals surface area contributed by atoms with Crippen LogP contribution < -0.4 is 9.46 Å². The first-order valence-corrected chi connectivity index (χ1v) is 9.85. The third-order valence-electron chi connectivity index (χ3n) is 3.07. The zero-order valence-corrected chi connectivity index (χ0v) is 15.4. The van der Waals surface area contributed by atoms with Crippen LogP contribution in [-0.4, -0.2) is 8.42 Å². The van der Waals surface area contributed by atoms with Gasteiger partial charge in [-0.05, 0) is 41.8 Å². The molecule has 0 bridgehead atoms. The zero-order valence-electron chi connectivity index (χ0n) is 11.4. The van der Waals surface area contributed by atoms with Gasteiger partial charge in [0.2, 0.25) is 0 Å². The van der Waals surface area contributed by atoms with Crippen molar-refractivity contribution in [2.75, 3.05) is 4.72 Å². The highest BCUT2D eigenvalue weighted by Gasteiger charge is 2.20. The highest BCUT2D eigenvalue weighted by molar-refractivity contribution is 9.10. The summed E-state index contributed by atoms with van der Waals surface area (Å²) in [6.45, 7) is 0. The molecule has 118 valence electrons. The second-order valence-corrected chi connectivity index (χ2v) is 8.63. The molecular formula is C15H9BrClNO3S2. The first kappa shape index (κ1) is 16.4. The molecule has 23 heavy (non-hydrogen) atoms. The first-order chi connectivity index (χ1) is 10.9. The zero-order chi connectivity index (χ0) is 16.6. The quantitative estimate of drug-likeness (QED) is 0.666. The average molecular weight is 431 g/mol. The van der Waals surface area contributed by atoms with Gasteiger partial charge in [0.1, 0.15) is 4.90 Å². The highest BCUT2D eigenvalue weighted by Crippen LogP contribution is 2.27. The average Bonchev–Trinajstić information content (AvgIpc) is 2.50. The van der Waals surface area contributed by atoms with Crippen molar-refractivity contribution in [3.8, 4) is 0 Å². The number of hydrogen-bond acceptors (Lipinski definition) is 4. The predicted octanol–water partition coefficient (Wildman–Crippen LogP) is 4.48. The van der Waals surface area contributed by atoms with Gasteiger partial charge in [-0.3, -0.25) is 9.52 Å². The lowest BCUT2D eigenvalue weighted by Gasteiger charge is -2.08. The summed E-state index contributed by atoms with van der Waals surface area (Å²) >= 11 is 10.1. The molecule has 0 fully saturated rings. The summed E-state index contributed by atoms with van der Waals surface area (Å²) in [5, 5.41) is 1.03. The van der Waals surface area contributed by atoms with E-state index in [1.165, 1.54) is 6.07 Å². The van der Waals surface area contributed by atoms with Gasteiger partial charge in [-0.15, -0.1) is 0 Å². The second kappa shape index (κ2) is 6.24. The Hall–Kier alpha value is -1.41. The summed E-state index contributed by atoms with van der Waals surface area (Å²) in [5.74, 6) is 0. The van der Waals surface area contributed by atoms with E-state index >= 15 is 0 Å². The van der Waals surface area contributed by atoms with Crippen molar-refractivity contribution < 1.29 is 8.42 Å². The molecule has 0 atom stereocenters. The summed E-state index contributed by atoms with van der Waals surface area (Å²) < 4.78 is 28.2. The lowest BCUT2D eigenvalue weighted by Crippen LogP contribution is -2.19. The van der Waals surface area contributed by atoms with E-state index in [0.29, 0.717) is 20.8 Å². The molecule has 0 radical (unpaired) electrons. The van der Waals surface area contributed by atoms with Gasteiger partial charge in [-0.1, -0.05) is 51.0 Å². The smallest absolute Gasteiger partial charge is 0.266 e. The van der Waals surface area contributed by atoms with Gasteiger partial charge >= 0.3 is 0 Å². The van der Waals surface area contributed by atoms with Gasteiger partial charge in [0.25, 0.3) is 14.8 Å². The molecule has 0 aliphatic heterocycles. The van der Waals surface area contributed by atoms with Gasteiger partial charge in [0, 0.05) is 10.2 Å². The Morgan fingerprint density at radius 3 is 2.48 bits per heavy atom. The normalized spacial score (nSPS) is 11.6. The van der Waals surface area contributed by atoms with Crippen molar-refractivity contribution in [2.24, 2.45) is 0 Å². The lowest BCUT2D eigenvalue weighted by atomic mass is 10.2. The Bertz CT molecular complexity index is 1050. The summed E-state index contributed by atoms with van der Waals surface area (Å²) in [6, 6.07) is 13.1. The van der Waals surface area contributed by atoms with Crippen molar-refractivity contribution in [2.45, 2.75) is 4.90 Å². The van der Waals surface area contributed by atoms with Gasteiger partial charge in [0.15, 0.2) is 0 Å². The molecule has 1 heterocycles. The molecule has 8 heteroatoms. The Morgan fingerprint density at radius 2 is 1.78 bits per heavy atom. The summed E-state index contributed by atoms with van der Waals surface area (Å²) in [4.78, 5) is 11.9. The minimum Gasteiger partial charge on any atom is -0.279 e. The van der Waals surface area contributed by atoms with Gasteiger partial charge in [-0.2, -0.15) is 0 Å². The molecule has 1 aromatic heterocycles. The fourth-order valence-electron chi connectivity index (χ4n) is 2.01. The number of sulfonamides is 1. The van der Waals surface area contributed by atoms with E-state index < -0.39 is 14.8 Å². The largest absolute Gasteiger partial charge is 0.279 e. The first-order valence-electron chi connectivity index (χ1n) is 6.37. The van der Waals surface area contributed by atoms with Gasteiger partial charge < -0.3 is 0 Å². The molecule has 3 aromatic rings. The summed E-state index contributed by atoms with van der Waals surface area (Å²) in [7, 11) is -3.97. The number of hydrogen-bond donors (Lipinski definition) is 1. The van der Waals surface area contributed by atoms with E-state index in [9.17, 15) is 13.2 Å². The van der Waals surface area contributed by atoms with Crippen molar-refractivity contribution in [3.05, 3.63) is 67.6 Å². The third kappa shape index (κ3) is 3.42. The van der Waals surface area contributed by atoms with Crippen LogP contribution in [0.2, 0.25) is 5.02 Å². The molecule has 0 aliphatic rings. The van der Waals surface area contributed by atoms with E-state index in [1.54, 1.807) is 42.5 Å². The van der Waals surface area contributed by atoms with Crippen LogP contribution in [-0.2, 0) is 10.0 Å². The number of fused-ring (bicyclic) bond motifs is 1. The maximum Gasteiger partial charge on any atom is 0.266 e. The summed E-state index contributed by atoms with van der Waals surface area (Å²) in [5.41, 5.74) is 0.379. The van der Waals surface area contributed by atoms with Crippen LogP contribution in [0, 0.1) is 0 Å². The molecule has 0 spiro atoms. The van der Waals surface area contributed by atoms with Gasteiger partial charge in [0.05, 0.1) is 9.72 Å². The summed E-state index contributed by atoms with van der Waals surface area (Å²) in [6.07, 6.45) is 0. The van der Waals surface area contributed by atoms with Crippen LogP contribution in [0.5, 0.6) is 0 Å². The lowest BCUT2D eigenvalue weighted by molar-refractivity contribution is 0.601. The Labute approximate surface area is 149 Å². The molecule has 0 aliphatic carbocycles. The van der Waals surface area contributed by atoms with Crippen molar-refractivity contribution in [3.63, 3.8) is 0 Å². The highest BCUT2D eigenvalue weighted by atomic mass is 79.9. The van der Waals surface area contributed by atoms with Crippen LogP contribution in [0.1, 0.15) is 0 Å². The van der Waals surface area contributed by atoms with Gasteiger partial charge in [-0.25, -0.2) is 8.42 Å². The van der Waals surface area contributed by atoms with Crippen LogP contribution in [0.15, 0.2) is 62.7 Å². The fraction of sp³-hybridized carbons (Fsp3) is 0. The molecule has 0 unspecified atom stereocenters. The molecule has 0 amide bonds. The van der Waals surface area contributed by atoms with E-state index in [2.05, 4.69) is 20.7 Å². The number of halogens is 2. The monoisotopic (exact) mass is 429 g/mol. The maximum absolute atomic E-state index is 12.5. The topological polar surface area (TPSA) is 63.2 Å². The van der Waals surface area contributed by atoms with Crippen LogP contribution in [0.25, 0.3) is 10.1 Å². The standard InChI is InChI=1S/C15H9BrClNO3S2/c16-10-4-6-11(7-5-10)18-23(20,21)13-8-9-2-1-3-12(17)14(9)22-15(13)19/h1-8,18H. The number of benzene rings is 2. The van der Waals surface area contributed by atoms with Crippen LogP contribution >= 0.6 is 38.9 Å². The molecule has 4 nitrogen and oxygen atoms in total. The Morgan fingerprint density at radius 1 is 1.09 bits per heavy atom. The van der Waals surface area contributed by atoms with Crippen molar-refractivity contribution in [1.82, 2.24) is 0 Å². The van der Waals surface area contributed by atoms with Crippen molar-refractivity contribution in [1.29, 1.82) is 0 Å². The second-order valence-electron chi connectivity index (χ2n) is 4.67. The van der Waals surface area contributed by atoms with Crippen LogP contribution in [0.4, 0.5) is 5.69 Å². The Balaban J connectivity index is 2.09. The molecular weight excluding hydrogens is 422 g/mol. The van der Waals surface area contributed by atoms with E-state index in [4.69, 9.17) is 11.6 Å². The minimum atomic E-state index is -3.97. The van der Waals surface area contributed by atoms with Crippen molar-refractivity contribution >= 4 is 64.7 Å². The van der Waals surface area contributed by atoms with E-state index in [-0.39, 0.29) is 4.90 Å². The van der Waals surface area contributed by atoms with Crippen LogP contribution in [0.3, 0.4) is 0 Å². The number of anilines is 1. The minimum absolute atomic E-state index is 0.291. The number of rotatable bonds is 3. The van der Waals surface area contributed by atoms with E-state index in [1.807, 2.05) is 0 Å². The Kier molecular flexibility index (Phi) is 4.46.